The Kier molecular flexibility index (Phi) is 8.43. The van der Waals surface area contributed by atoms with Gasteiger partial charge in [-0.1, -0.05) is 42.5 Å². The fraction of sp³-hybridized carbons (Fsp3) is 0.258. The number of rotatable bonds is 8. The molecule has 9 nitrogen and oxygen atoms in total. The van der Waals surface area contributed by atoms with Crippen molar-refractivity contribution in [3.05, 3.63) is 94.8 Å². The molecule has 2 amide bonds. The second-order valence-electron chi connectivity index (χ2n) is 10.3. The van der Waals surface area contributed by atoms with E-state index in [1.54, 1.807) is 45.0 Å². The second-order valence-corrected chi connectivity index (χ2v) is 10.3. The summed E-state index contributed by atoms with van der Waals surface area (Å²) in [6.45, 7) is 5.27. The van der Waals surface area contributed by atoms with Crippen molar-refractivity contribution in [3.63, 3.8) is 0 Å². The zero-order valence-corrected chi connectivity index (χ0v) is 23.2. The number of hydrogen-bond acceptors (Lipinski definition) is 7. The summed E-state index contributed by atoms with van der Waals surface area (Å²) in [5.41, 5.74) is 1.87. The van der Waals surface area contributed by atoms with E-state index in [-0.39, 0.29) is 6.42 Å². The van der Waals surface area contributed by atoms with Gasteiger partial charge in [-0.3, -0.25) is 4.79 Å². The molecule has 1 atom stereocenters. The summed E-state index contributed by atoms with van der Waals surface area (Å²) in [6.07, 6.45) is -0.446. The van der Waals surface area contributed by atoms with Gasteiger partial charge in [0.05, 0.1) is 18.5 Å². The van der Waals surface area contributed by atoms with Crippen LogP contribution in [0.2, 0.25) is 0 Å². The lowest BCUT2D eigenvalue weighted by molar-refractivity contribution is -0.118. The van der Waals surface area contributed by atoms with E-state index < -0.39 is 29.3 Å². The van der Waals surface area contributed by atoms with Gasteiger partial charge in [0.1, 0.15) is 23.0 Å². The highest BCUT2D eigenvalue weighted by molar-refractivity contribution is 5.99. The first kappa shape index (κ1) is 28.2. The SMILES string of the molecule is COc1ccc(N(C)c2cc(=O)oc3ccccc23)cc1NC(=O)[C@H](Cc1ccccc1)NC(=O)OC(C)(C)C. The average molecular weight is 544 g/mol. The first-order valence-electron chi connectivity index (χ1n) is 12.8. The van der Waals surface area contributed by atoms with Crippen LogP contribution in [0.3, 0.4) is 0 Å². The van der Waals surface area contributed by atoms with E-state index in [9.17, 15) is 14.4 Å². The number of para-hydroxylation sites is 1. The minimum Gasteiger partial charge on any atom is -0.495 e. The Morgan fingerprint density at radius 2 is 1.68 bits per heavy atom. The maximum atomic E-state index is 13.6. The second kappa shape index (κ2) is 11.9. The van der Waals surface area contributed by atoms with Crippen molar-refractivity contribution < 1.29 is 23.5 Å². The van der Waals surface area contributed by atoms with Crippen LogP contribution in [0.1, 0.15) is 26.3 Å². The topological polar surface area (TPSA) is 110 Å². The van der Waals surface area contributed by atoms with Crippen LogP contribution in [-0.4, -0.2) is 37.8 Å². The van der Waals surface area contributed by atoms with Crippen molar-refractivity contribution in [2.24, 2.45) is 0 Å². The molecule has 0 fully saturated rings. The molecule has 4 aromatic rings. The van der Waals surface area contributed by atoms with Gasteiger partial charge in [-0.2, -0.15) is 0 Å². The third-order valence-electron chi connectivity index (χ3n) is 6.11. The van der Waals surface area contributed by atoms with Gasteiger partial charge in [0.15, 0.2) is 0 Å². The molecule has 208 valence electrons. The first-order chi connectivity index (χ1) is 19.0. The summed E-state index contributed by atoms with van der Waals surface area (Å²) in [5.74, 6) is -0.0164. The molecule has 1 heterocycles. The number of anilines is 3. The molecule has 0 unspecified atom stereocenters. The number of benzene rings is 3. The number of hydrogen-bond donors (Lipinski definition) is 2. The lowest BCUT2D eigenvalue weighted by Crippen LogP contribution is -2.47. The molecule has 0 spiro atoms. The van der Waals surface area contributed by atoms with Crippen molar-refractivity contribution in [2.75, 3.05) is 24.4 Å². The highest BCUT2D eigenvalue weighted by Gasteiger charge is 2.26. The summed E-state index contributed by atoms with van der Waals surface area (Å²) in [6, 6.07) is 22.4. The number of nitrogens with zero attached hydrogens (tertiary/aromatic N) is 1. The maximum absolute atomic E-state index is 13.6. The number of amides is 2. The van der Waals surface area contributed by atoms with E-state index in [1.807, 2.05) is 60.5 Å². The van der Waals surface area contributed by atoms with Crippen molar-refractivity contribution in [3.8, 4) is 5.75 Å². The predicted molar refractivity (Wildman–Crippen MR) is 155 cm³/mol. The van der Waals surface area contributed by atoms with Crippen LogP contribution < -0.4 is 25.9 Å². The standard InChI is InChI=1S/C31H33N3O6/c1-31(2,3)40-30(37)33-24(17-20-11-7-6-8-12-20)29(36)32-23-18-21(15-16-27(23)38-5)34(4)25-19-28(35)39-26-14-10-9-13-22(25)26/h6-16,18-19,24H,17H2,1-5H3,(H,32,36)(H,33,37)/t24-/m0/s1. The highest BCUT2D eigenvalue weighted by Crippen LogP contribution is 2.34. The third kappa shape index (κ3) is 6.99. The Bertz CT molecular complexity index is 1560. The molecular formula is C31H33N3O6. The van der Waals surface area contributed by atoms with E-state index in [2.05, 4.69) is 10.6 Å². The van der Waals surface area contributed by atoms with Gasteiger partial charge in [-0.25, -0.2) is 9.59 Å². The molecule has 40 heavy (non-hydrogen) atoms. The van der Waals surface area contributed by atoms with E-state index in [0.717, 1.165) is 10.9 Å². The average Bonchev–Trinajstić information content (AvgIpc) is 2.91. The van der Waals surface area contributed by atoms with Crippen LogP contribution in [0.15, 0.2) is 88.1 Å². The number of alkyl carbamates (subject to hydrolysis) is 1. The number of fused-ring (bicyclic) bond motifs is 1. The number of carbonyl (C=O) groups excluding carboxylic acids is 2. The summed E-state index contributed by atoms with van der Waals surface area (Å²) in [7, 11) is 3.32. The summed E-state index contributed by atoms with van der Waals surface area (Å²) in [4.78, 5) is 40.2. The highest BCUT2D eigenvalue weighted by atomic mass is 16.6. The van der Waals surface area contributed by atoms with Crippen molar-refractivity contribution in [2.45, 2.75) is 38.8 Å². The molecule has 3 aromatic carbocycles. The summed E-state index contributed by atoms with van der Waals surface area (Å²) < 4.78 is 16.2. The Morgan fingerprint density at radius 1 is 0.975 bits per heavy atom. The molecular weight excluding hydrogens is 510 g/mol. The molecule has 0 aliphatic rings. The van der Waals surface area contributed by atoms with E-state index in [4.69, 9.17) is 13.9 Å². The Labute approximate surface area is 232 Å². The smallest absolute Gasteiger partial charge is 0.408 e. The van der Waals surface area contributed by atoms with Crippen LogP contribution >= 0.6 is 0 Å². The predicted octanol–water partition coefficient (Wildman–Crippen LogP) is 5.64. The van der Waals surface area contributed by atoms with Crippen LogP contribution in [0.5, 0.6) is 5.75 Å². The normalized spacial score (nSPS) is 11.9. The molecule has 0 aliphatic carbocycles. The number of nitrogens with one attached hydrogen (secondary N) is 2. The molecule has 4 rings (SSSR count). The largest absolute Gasteiger partial charge is 0.495 e. The van der Waals surface area contributed by atoms with E-state index in [1.165, 1.54) is 13.2 Å². The lowest BCUT2D eigenvalue weighted by atomic mass is 10.1. The molecule has 0 radical (unpaired) electrons. The molecule has 9 heteroatoms. The van der Waals surface area contributed by atoms with E-state index in [0.29, 0.717) is 28.4 Å². The molecule has 1 aromatic heterocycles. The van der Waals surface area contributed by atoms with Gasteiger partial charge < -0.3 is 29.4 Å². The maximum Gasteiger partial charge on any atom is 0.408 e. The van der Waals surface area contributed by atoms with Crippen molar-refractivity contribution in [1.82, 2.24) is 5.32 Å². The van der Waals surface area contributed by atoms with Crippen LogP contribution in [-0.2, 0) is 16.0 Å². The van der Waals surface area contributed by atoms with Gasteiger partial charge >= 0.3 is 11.7 Å². The van der Waals surface area contributed by atoms with Gasteiger partial charge in [0.25, 0.3) is 0 Å². The number of methoxy groups -OCH3 is 1. The molecule has 0 saturated carbocycles. The van der Waals surface area contributed by atoms with Gasteiger partial charge in [0.2, 0.25) is 5.91 Å². The van der Waals surface area contributed by atoms with Gasteiger partial charge in [-0.15, -0.1) is 0 Å². The number of ether oxygens (including phenoxy) is 2. The van der Waals surface area contributed by atoms with Crippen molar-refractivity contribution in [1.29, 1.82) is 0 Å². The molecule has 0 saturated heterocycles. The van der Waals surface area contributed by atoms with Gasteiger partial charge in [0, 0.05) is 30.6 Å². The molecule has 0 bridgehead atoms. The Hall–Kier alpha value is -4.79. The lowest BCUT2D eigenvalue weighted by Gasteiger charge is -2.25. The first-order valence-corrected chi connectivity index (χ1v) is 12.8. The monoisotopic (exact) mass is 543 g/mol. The summed E-state index contributed by atoms with van der Waals surface area (Å²) in [5, 5.41) is 6.36. The quantitative estimate of drug-likeness (QED) is 0.277. The minimum atomic E-state index is -0.925. The zero-order valence-electron chi connectivity index (χ0n) is 23.2. The minimum absolute atomic E-state index is 0.250. The molecule has 0 aliphatic heterocycles. The third-order valence-corrected chi connectivity index (χ3v) is 6.11. The zero-order chi connectivity index (χ0) is 28.9. The van der Waals surface area contributed by atoms with Gasteiger partial charge in [-0.05, 0) is 56.7 Å². The fourth-order valence-corrected chi connectivity index (χ4v) is 4.24. The number of carbonyl (C=O) groups is 2. The Morgan fingerprint density at radius 3 is 2.38 bits per heavy atom. The summed E-state index contributed by atoms with van der Waals surface area (Å²) >= 11 is 0. The van der Waals surface area contributed by atoms with Crippen LogP contribution in [0.25, 0.3) is 11.0 Å². The van der Waals surface area contributed by atoms with Crippen molar-refractivity contribution >= 4 is 40.0 Å². The van der Waals surface area contributed by atoms with Crippen LogP contribution in [0.4, 0.5) is 21.9 Å². The fourth-order valence-electron chi connectivity index (χ4n) is 4.24. The van der Waals surface area contributed by atoms with E-state index >= 15 is 0 Å². The Balaban J connectivity index is 1.64. The molecule has 2 N–H and O–H groups in total. The van der Waals surface area contributed by atoms with Crippen LogP contribution in [0, 0.1) is 0 Å².